The third kappa shape index (κ3) is 2.95. The summed E-state index contributed by atoms with van der Waals surface area (Å²) in [5.41, 5.74) is 9.23. The highest BCUT2D eigenvalue weighted by Gasteiger charge is 2.35. The van der Waals surface area contributed by atoms with Gasteiger partial charge >= 0.3 is 0 Å². The lowest BCUT2D eigenvalue weighted by Crippen LogP contribution is -2.14. The minimum atomic E-state index is -0.0113. The maximum Gasteiger partial charge on any atom is 0.0780 e. The number of nitrogens with zero attached hydrogens (tertiary/aromatic N) is 1. The minimum absolute atomic E-state index is 0.0113. The number of fused-ring (bicyclic) bond motifs is 6. The first-order chi connectivity index (χ1) is 15.7. The molecule has 4 aromatic carbocycles. The maximum absolute atomic E-state index is 4.86. The largest absolute Gasteiger partial charge is 0.256 e. The van der Waals surface area contributed by atoms with Crippen molar-refractivity contribution in [2.24, 2.45) is 0 Å². The topological polar surface area (TPSA) is 12.9 Å². The van der Waals surface area contributed by atoms with Gasteiger partial charge < -0.3 is 0 Å². The summed E-state index contributed by atoms with van der Waals surface area (Å²) >= 11 is 0. The van der Waals surface area contributed by atoms with E-state index in [0.717, 1.165) is 5.69 Å². The first-order valence-corrected chi connectivity index (χ1v) is 11.8. The highest BCUT2D eigenvalue weighted by Crippen LogP contribution is 2.49. The van der Waals surface area contributed by atoms with Crippen molar-refractivity contribution in [3.63, 3.8) is 0 Å². The molecule has 0 spiro atoms. The molecule has 0 fully saturated rings. The van der Waals surface area contributed by atoms with Crippen molar-refractivity contribution >= 4 is 21.5 Å². The summed E-state index contributed by atoms with van der Waals surface area (Å²) in [5.74, 6) is 0. The molecule has 1 nitrogen and oxygen atoms in total. The van der Waals surface area contributed by atoms with E-state index in [4.69, 9.17) is 4.98 Å². The molecule has 5 aromatic rings. The number of aromatic nitrogens is 1. The van der Waals surface area contributed by atoms with Crippen molar-refractivity contribution in [2.75, 3.05) is 0 Å². The highest BCUT2D eigenvalue weighted by atomic mass is 14.7. The zero-order valence-electron chi connectivity index (χ0n) is 20.0. The normalized spacial score (nSPS) is 14.5. The van der Waals surface area contributed by atoms with Crippen LogP contribution in [-0.4, -0.2) is 4.98 Å². The van der Waals surface area contributed by atoms with Gasteiger partial charge in [-0.1, -0.05) is 101 Å². The first-order valence-electron chi connectivity index (χ1n) is 11.8. The first kappa shape index (κ1) is 20.2. The fraction of sp³-hybridized carbons (Fsp3) is 0.219. The zero-order valence-corrected chi connectivity index (χ0v) is 20.0. The van der Waals surface area contributed by atoms with Crippen LogP contribution in [0.1, 0.15) is 51.3 Å². The summed E-state index contributed by atoms with van der Waals surface area (Å²) < 4.78 is 0. The third-order valence-electron chi connectivity index (χ3n) is 7.48. The molecular formula is C32H29N. The van der Waals surface area contributed by atoms with Crippen LogP contribution < -0.4 is 0 Å². The summed E-state index contributed by atoms with van der Waals surface area (Å²) in [4.78, 5) is 4.86. The molecule has 0 bridgehead atoms. The summed E-state index contributed by atoms with van der Waals surface area (Å²) in [6, 6.07) is 29.3. The van der Waals surface area contributed by atoms with Crippen molar-refractivity contribution < 1.29 is 0 Å². The van der Waals surface area contributed by atoms with Crippen molar-refractivity contribution in [3.05, 3.63) is 102 Å². The van der Waals surface area contributed by atoms with Gasteiger partial charge in [0.1, 0.15) is 0 Å². The number of pyridine rings is 1. The molecule has 0 aliphatic heterocycles. The standard InChI is InChI=1S/C32H29N/c1-31(2,3)22-12-15-23-20(18-22)10-14-27-24(23)16-17-33-30(27)21-11-13-26-25-8-6-7-9-28(25)32(4,5)29(26)19-21/h6-19H,1-5H3. The van der Waals surface area contributed by atoms with Gasteiger partial charge in [-0.05, 0) is 61.5 Å². The average molecular weight is 428 g/mol. The average Bonchev–Trinajstić information content (AvgIpc) is 3.04. The van der Waals surface area contributed by atoms with Gasteiger partial charge in [0.15, 0.2) is 0 Å². The molecule has 1 aliphatic rings. The molecule has 0 saturated carbocycles. The predicted molar refractivity (Wildman–Crippen MR) is 141 cm³/mol. The Bertz CT molecular complexity index is 1560. The highest BCUT2D eigenvalue weighted by molar-refractivity contribution is 6.11. The summed E-state index contributed by atoms with van der Waals surface area (Å²) in [6.45, 7) is 11.5. The van der Waals surface area contributed by atoms with Crippen LogP contribution in [0.25, 0.3) is 43.9 Å². The molecule has 0 amide bonds. The fourth-order valence-corrected chi connectivity index (χ4v) is 5.54. The molecule has 6 rings (SSSR count). The number of hydrogen-bond donors (Lipinski definition) is 0. The molecule has 1 heterocycles. The van der Waals surface area contributed by atoms with Crippen molar-refractivity contribution in [3.8, 4) is 22.4 Å². The van der Waals surface area contributed by atoms with Crippen LogP contribution in [0.15, 0.2) is 85.1 Å². The summed E-state index contributed by atoms with van der Waals surface area (Å²) in [5, 5.41) is 5.05. The molecule has 0 atom stereocenters. The van der Waals surface area contributed by atoms with Crippen molar-refractivity contribution in [1.29, 1.82) is 0 Å². The van der Waals surface area contributed by atoms with Crippen LogP contribution in [-0.2, 0) is 10.8 Å². The summed E-state index contributed by atoms with van der Waals surface area (Å²) in [6.07, 6.45) is 1.96. The Kier molecular flexibility index (Phi) is 4.14. The Morgan fingerprint density at radius 1 is 0.667 bits per heavy atom. The van der Waals surface area contributed by atoms with Crippen molar-refractivity contribution in [1.82, 2.24) is 4.98 Å². The SMILES string of the molecule is CC(C)(C)c1ccc2c(ccc3c(-c4ccc5c(c4)C(C)(C)c4ccccc4-5)nccc32)c1. The lowest BCUT2D eigenvalue weighted by Gasteiger charge is -2.22. The van der Waals surface area contributed by atoms with Crippen LogP contribution in [0.4, 0.5) is 0 Å². The van der Waals surface area contributed by atoms with Crippen LogP contribution >= 0.6 is 0 Å². The van der Waals surface area contributed by atoms with E-state index in [-0.39, 0.29) is 10.8 Å². The molecule has 0 saturated heterocycles. The second-order valence-electron chi connectivity index (χ2n) is 10.9. The van der Waals surface area contributed by atoms with E-state index in [1.54, 1.807) is 0 Å². The van der Waals surface area contributed by atoms with Gasteiger partial charge in [0.25, 0.3) is 0 Å². The monoisotopic (exact) mass is 427 g/mol. The fourth-order valence-electron chi connectivity index (χ4n) is 5.54. The lowest BCUT2D eigenvalue weighted by atomic mass is 9.81. The van der Waals surface area contributed by atoms with Gasteiger partial charge in [-0.2, -0.15) is 0 Å². The summed E-state index contributed by atoms with van der Waals surface area (Å²) in [7, 11) is 0. The Balaban J connectivity index is 1.54. The van der Waals surface area contributed by atoms with E-state index in [9.17, 15) is 0 Å². The number of benzene rings is 4. The second-order valence-corrected chi connectivity index (χ2v) is 10.9. The van der Waals surface area contributed by atoms with E-state index < -0.39 is 0 Å². The third-order valence-corrected chi connectivity index (χ3v) is 7.48. The van der Waals surface area contributed by atoms with Gasteiger partial charge in [-0.15, -0.1) is 0 Å². The van der Waals surface area contributed by atoms with Gasteiger partial charge in [0, 0.05) is 22.6 Å². The molecule has 1 aliphatic carbocycles. The lowest BCUT2D eigenvalue weighted by molar-refractivity contribution is 0.591. The number of rotatable bonds is 1. The van der Waals surface area contributed by atoms with Crippen LogP contribution in [0.3, 0.4) is 0 Å². The minimum Gasteiger partial charge on any atom is -0.256 e. The van der Waals surface area contributed by atoms with E-state index in [2.05, 4.69) is 113 Å². The molecule has 0 N–H and O–H groups in total. The molecule has 0 unspecified atom stereocenters. The second kappa shape index (κ2) is 6.78. The van der Waals surface area contributed by atoms with E-state index in [1.165, 1.54) is 54.9 Å². The van der Waals surface area contributed by atoms with E-state index in [0.29, 0.717) is 0 Å². The Morgan fingerprint density at radius 3 is 2.24 bits per heavy atom. The predicted octanol–water partition coefficient (Wildman–Crippen LogP) is 8.66. The van der Waals surface area contributed by atoms with Gasteiger partial charge in [-0.3, -0.25) is 4.98 Å². The van der Waals surface area contributed by atoms with E-state index in [1.807, 2.05) is 6.20 Å². The van der Waals surface area contributed by atoms with Crippen molar-refractivity contribution in [2.45, 2.75) is 45.4 Å². The van der Waals surface area contributed by atoms with Crippen LogP contribution in [0, 0.1) is 0 Å². The zero-order chi connectivity index (χ0) is 23.0. The number of hydrogen-bond acceptors (Lipinski definition) is 1. The molecular weight excluding hydrogens is 398 g/mol. The van der Waals surface area contributed by atoms with E-state index >= 15 is 0 Å². The smallest absolute Gasteiger partial charge is 0.0780 e. The van der Waals surface area contributed by atoms with Gasteiger partial charge in [0.05, 0.1) is 5.69 Å². The van der Waals surface area contributed by atoms with Crippen LogP contribution in [0.2, 0.25) is 0 Å². The Hall–Kier alpha value is -3.45. The molecule has 33 heavy (non-hydrogen) atoms. The van der Waals surface area contributed by atoms with Gasteiger partial charge in [0.2, 0.25) is 0 Å². The Labute approximate surface area is 196 Å². The van der Waals surface area contributed by atoms with Crippen LogP contribution in [0.5, 0.6) is 0 Å². The molecule has 1 aromatic heterocycles. The quantitative estimate of drug-likeness (QED) is 0.244. The molecule has 1 heteroatoms. The molecule has 162 valence electrons. The molecule has 0 radical (unpaired) electrons. The van der Waals surface area contributed by atoms with Gasteiger partial charge in [-0.25, -0.2) is 0 Å². The Morgan fingerprint density at radius 2 is 1.42 bits per heavy atom. The maximum atomic E-state index is 4.86.